The van der Waals surface area contributed by atoms with E-state index < -0.39 is 5.60 Å². The van der Waals surface area contributed by atoms with Gasteiger partial charge in [0, 0.05) is 5.75 Å². The molecule has 0 fully saturated rings. The second kappa shape index (κ2) is 6.60. The predicted molar refractivity (Wildman–Crippen MR) is 90.3 cm³/mol. The SMILES string of the molecule is CC(C)(O)CSc1nnc(-c2ccco2)n1Cc1ccccc1. The summed E-state index contributed by atoms with van der Waals surface area (Å²) in [5, 5.41) is 19.3. The average molecular weight is 329 g/mol. The zero-order valence-electron chi connectivity index (χ0n) is 13.1. The van der Waals surface area contributed by atoms with E-state index in [-0.39, 0.29) is 0 Å². The van der Waals surface area contributed by atoms with Gasteiger partial charge in [0.25, 0.3) is 0 Å². The summed E-state index contributed by atoms with van der Waals surface area (Å²) in [7, 11) is 0. The summed E-state index contributed by atoms with van der Waals surface area (Å²) in [5.74, 6) is 1.92. The van der Waals surface area contributed by atoms with Gasteiger partial charge in [0.1, 0.15) is 0 Å². The average Bonchev–Trinajstić information content (AvgIpc) is 3.15. The van der Waals surface area contributed by atoms with Crippen molar-refractivity contribution in [1.82, 2.24) is 14.8 Å². The third kappa shape index (κ3) is 4.03. The van der Waals surface area contributed by atoms with Gasteiger partial charge in [0.05, 0.1) is 18.4 Å². The van der Waals surface area contributed by atoms with Crippen molar-refractivity contribution in [2.45, 2.75) is 31.1 Å². The maximum atomic E-state index is 9.95. The Hall–Kier alpha value is -2.05. The maximum absolute atomic E-state index is 9.95. The maximum Gasteiger partial charge on any atom is 0.200 e. The Bertz CT molecular complexity index is 746. The van der Waals surface area contributed by atoms with E-state index in [2.05, 4.69) is 22.3 Å². The number of rotatable bonds is 6. The van der Waals surface area contributed by atoms with E-state index in [9.17, 15) is 5.11 Å². The molecule has 120 valence electrons. The number of hydrogen-bond acceptors (Lipinski definition) is 5. The van der Waals surface area contributed by atoms with Crippen molar-refractivity contribution >= 4 is 11.8 Å². The van der Waals surface area contributed by atoms with E-state index in [0.717, 1.165) is 10.7 Å². The van der Waals surface area contributed by atoms with Gasteiger partial charge in [0.15, 0.2) is 10.9 Å². The van der Waals surface area contributed by atoms with Crippen LogP contribution in [-0.4, -0.2) is 31.2 Å². The van der Waals surface area contributed by atoms with Crippen LogP contribution >= 0.6 is 11.8 Å². The Morgan fingerprint density at radius 1 is 1.13 bits per heavy atom. The second-order valence-electron chi connectivity index (χ2n) is 5.96. The lowest BCUT2D eigenvalue weighted by Gasteiger charge is -2.16. The monoisotopic (exact) mass is 329 g/mol. The molecule has 0 aliphatic rings. The fourth-order valence-electron chi connectivity index (χ4n) is 2.13. The summed E-state index contributed by atoms with van der Waals surface area (Å²) in [5.41, 5.74) is 0.393. The normalized spacial score (nSPS) is 11.8. The minimum atomic E-state index is -0.765. The minimum Gasteiger partial charge on any atom is -0.461 e. The highest BCUT2D eigenvalue weighted by atomic mass is 32.2. The Morgan fingerprint density at radius 3 is 2.57 bits per heavy atom. The number of benzene rings is 1. The van der Waals surface area contributed by atoms with Gasteiger partial charge in [-0.15, -0.1) is 10.2 Å². The molecule has 0 amide bonds. The molecule has 1 N–H and O–H groups in total. The molecule has 0 aliphatic carbocycles. The van der Waals surface area contributed by atoms with Crippen LogP contribution in [0, 0.1) is 0 Å². The summed E-state index contributed by atoms with van der Waals surface area (Å²) in [6.45, 7) is 4.22. The molecule has 0 spiro atoms. The molecular formula is C17H19N3O2S. The number of aromatic nitrogens is 3. The first-order valence-electron chi connectivity index (χ1n) is 7.39. The number of furan rings is 1. The van der Waals surface area contributed by atoms with Crippen LogP contribution in [0.15, 0.2) is 58.3 Å². The Kier molecular flexibility index (Phi) is 4.54. The molecule has 0 aliphatic heterocycles. The summed E-state index contributed by atoms with van der Waals surface area (Å²) in [6, 6.07) is 13.8. The van der Waals surface area contributed by atoms with Crippen molar-refractivity contribution in [3.8, 4) is 11.6 Å². The molecule has 0 saturated carbocycles. The summed E-state index contributed by atoms with van der Waals surface area (Å²) < 4.78 is 7.49. The smallest absolute Gasteiger partial charge is 0.200 e. The van der Waals surface area contributed by atoms with Crippen LogP contribution in [0.5, 0.6) is 0 Å². The Morgan fingerprint density at radius 2 is 1.91 bits per heavy atom. The van der Waals surface area contributed by atoms with E-state index in [1.807, 2.05) is 34.9 Å². The van der Waals surface area contributed by atoms with E-state index in [0.29, 0.717) is 23.9 Å². The standard InChI is InChI=1S/C17H19N3O2S/c1-17(2,21)12-23-16-19-18-15(14-9-6-10-22-14)20(16)11-13-7-4-3-5-8-13/h3-10,21H,11-12H2,1-2H3. The molecule has 0 saturated heterocycles. The van der Waals surface area contributed by atoms with E-state index in [4.69, 9.17) is 4.42 Å². The molecule has 6 heteroatoms. The van der Waals surface area contributed by atoms with Crippen LogP contribution in [0.2, 0.25) is 0 Å². The van der Waals surface area contributed by atoms with Gasteiger partial charge in [-0.2, -0.15) is 0 Å². The highest BCUT2D eigenvalue weighted by molar-refractivity contribution is 7.99. The zero-order chi connectivity index (χ0) is 16.3. The van der Waals surface area contributed by atoms with Gasteiger partial charge < -0.3 is 9.52 Å². The fourth-order valence-corrected chi connectivity index (χ4v) is 3.02. The Balaban J connectivity index is 1.93. The molecular weight excluding hydrogens is 310 g/mol. The molecule has 0 radical (unpaired) electrons. The lowest BCUT2D eigenvalue weighted by atomic mass is 10.2. The second-order valence-corrected chi connectivity index (χ2v) is 6.90. The predicted octanol–water partition coefficient (Wildman–Crippen LogP) is 3.45. The van der Waals surface area contributed by atoms with Gasteiger partial charge >= 0.3 is 0 Å². The minimum absolute atomic E-state index is 0.540. The van der Waals surface area contributed by atoms with Gasteiger partial charge in [0.2, 0.25) is 5.82 Å². The summed E-state index contributed by atoms with van der Waals surface area (Å²) >= 11 is 1.49. The Labute approximate surface area is 139 Å². The number of thioether (sulfide) groups is 1. The van der Waals surface area contributed by atoms with Gasteiger partial charge in [-0.25, -0.2) is 0 Å². The first-order valence-corrected chi connectivity index (χ1v) is 8.38. The molecule has 0 atom stereocenters. The fraction of sp³-hybridized carbons (Fsp3) is 0.294. The van der Waals surface area contributed by atoms with Crippen LogP contribution in [0.4, 0.5) is 0 Å². The first-order chi connectivity index (χ1) is 11.0. The van der Waals surface area contributed by atoms with E-state index in [1.54, 1.807) is 20.1 Å². The van der Waals surface area contributed by atoms with Crippen LogP contribution in [0.3, 0.4) is 0 Å². The lowest BCUT2D eigenvalue weighted by molar-refractivity contribution is 0.107. The molecule has 2 heterocycles. The van der Waals surface area contributed by atoms with Crippen LogP contribution < -0.4 is 0 Å². The van der Waals surface area contributed by atoms with Crippen molar-refractivity contribution in [2.24, 2.45) is 0 Å². The zero-order valence-corrected chi connectivity index (χ0v) is 14.0. The van der Waals surface area contributed by atoms with Gasteiger partial charge in [-0.1, -0.05) is 42.1 Å². The molecule has 2 aromatic heterocycles. The molecule has 3 rings (SSSR count). The van der Waals surface area contributed by atoms with Crippen molar-refractivity contribution in [2.75, 3.05) is 5.75 Å². The third-order valence-electron chi connectivity index (χ3n) is 3.20. The van der Waals surface area contributed by atoms with Crippen LogP contribution in [0.1, 0.15) is 19.4 Å². The molecule has 5 nitrogen and oxygen atoms in total. The van der Waals surface area contributed by atoms with Crippen LogP contribution in [-0.2, 0) is 6.54 Å². The third-order valence-corrected chi connectivity index (χ3v) is 4.61. The number of nitrogens with zero attached hydrogens (tertiary/aromatic N) is 3. The van der Waals surface area contributed by atoms with Crippen molar-refractivity contribution in [3.63, 3.8) is 0 Å². The molecule has 0 bridgehead atoms. The number of aliphatic hydroxyl groups is 1. The van der Waals surface area contributed by atoms with Crippen LogP contribution in [0.25, 0.3) is 11.6 Å². The quantitative estimate of drug-likeness (QED) is 0.702. The summed E-state index contributed by atoms with van der Waals surface area (Å²) in [6.07, 6.45) is 1.63. The largest absolute Gasteiger partial charge is 0.461 e. The van der Waals surface area contributed by atoms with Crippen molar-refractivity contribution in [3.05, 3.63) is 54.3 Å². The molecule has 0 unspecified atom stereocenters. The molecule has 1 aromatic carbocycles. The van der Waals surface area contributed by atoms with Crippen molar-refractivity contribution in [1.29, 1.82) is 0 Å². The molecule has 3 aromatic rings. The highest BCUT2D eigenvalue weighted by Crippen LogP contribution is 2.27. The topological polar surface area (TPSA) is 64.1 Å². The van der Waals surface area contributed by atoms with Crippen molar-refractivity contribution < 1.29 is 9.52 Å². The van der Waals surface area contributed by atoms with E-state index >= 15 is 0 Å². The lowest BCUT2D eigenvalue weighted by Crippen LogP contribution is -2.22. The number of hydrogen-bond donors (Lipinski definition) is 1. The molecule has 23 heavy (non-hydrogen) atoms. The van der Waals surface area contributed by atoms with Gasteiger partial charge in [-0.3, -0.25) is 4.57 Å². The summed E-state index contributed by atoms with van der Waals surface area (Å²) in [4.78, 5) is 0. The highest BCUT2D eigenvalue weighted by Gasteiger charge is 2.20. The van der Waals surface area contributed by atoms with E-state index in [1.165, 1.54) is 11.8 Å². The van der Waals surface area contributed by atoms with Gasteiger partial charge in [-0.05, 0) is 31.5 Å². The first kappa shape index (κ1) is 15.8.